The van der Waals surface area contributed by atoms with Crippen molar-refractivity contribution < 1.29 is 0 Å². The van der Waals surface area contributed by atoms with Crippen LogP contribution in [0, 0.1) is 0 Å². The van der Waals surface area contributed by atoms with Gasteiger partial charge in [-0.1, -0.05) is 194 Å². The van der Waals surface area contributed by atoms with Gasteiger partial charge in [0.05, 0.1) is 27.3 Å². The zero-order chi connectivity index (χ0) is 41.7. The monoisotopic (exact) mass is 819 g/mol. The van der Waals surface area contributed by atoms with Gasteiger partial charge < -0.3 is 0 Å². The molecule has 12 aromatic rings. The molecule has 0 amide bonds. The Balaban J connectivity index is 0.942. The number of benzene rings is 9. The topological polar surface area (TPSA) is 38.7 Å². The van der Waals surface area contributed by atoms with E-state index >= 15 is 0 Å². The maximum absolute atomic E-state index is 5.50. The van der Waals surface area contributed by atoms with Crippen LogP contribution in [-0.4, -0.2) is 15.0 Å². The molecule has 3 nitrogen and oxygen atoms in total. The molecule has 0 aliphatic heterocycles. The molecule has 4 heteroatoms. The third-order valence-corrected chi connectivity index (χ3v) is 13.3. The van der Waals surface area contributed by atoms with Crippen LogP contribution in [0.3, 0.4) is 0 Å². The van der Waals surface area contributed by atoms with Crippen LogP contribution in [-0.2, 0) is 0 Å². The second-order valence-corrected chi connectivity index (χ2v) is 17.0. The van der Waals surface area contributed by atoms with Gasteiger partial charge in [-0.15, -0.1) is 11.3 Å². The number of hydrogen-bond donors (Lipinski definition) is 0. The van der Waals surface area contributed by atoms with Gasteiger partial charge in [0, 0.05) is 43.1 Å². The minimum atomic E-state index is 0.686. The number of fused-ring (bicyclic) bond motifs is 6. The van der Waals surface area contributed by atoms with Crippen molar-refractivity contribution >= 4 is 53.2 Å². The number of thiophene rings is 1. The van der Waals surface area contributed by atoms with Crippen molar-refractivity contribution in [2.24, 2.45) is 0 Å². The molecule has 0 aliphatic rings. The highest BCUT2D eigenvalue weighted by molar-refractivity contribution is 7.26. The van der Waals surface area contributed by atoms with Crippen LogP contribution in [0.5, 0.6) is 0 Å². The van der Waals surface area contributed by atoms with Gasteiger partial charge >= 0.3 is 0 Å². The lowest BCUT2D eigenvalue weighted by atomic mass is 9.95. The average molecular weight is 820 g/mol. The van der Waals surface area contributed by atoms with E-state index in [2.05, 4.69) is 212 Å². The highest BCUT2D eigenvalue weighted by Crippen LogP contribution is 2.45. The van der Waals surface area contributed by atoms with Gasteiger partial charge in [0.2, 0.25) is 0 Å². The molecule has 3 aromatic heterocycles. The van der Waals surface area contributed by atoms with Crippen molar-refractivity contribution in [1.29, 1.82) is 0 Å². The fourth-order valence-electron chi connectivity index (χ4n) is 8.94. The lowest BCUT2D eigenvalue weighted by Gasteiger charge is -2.12. The standard InChI is InChI=1S/C59H37N3S/c1-3-14-38(15-4-1)39-28-30-42(31-29-39)53-37-52(41-17-5-2-6-18-41)61-59(62-53)47-23-12-22-45(35-47)43-20-11-21-44(34-43)46-32-33-50-54(36-46)60-57(49-26-13-19-40-16-7-8-24-48(40)49)58-56(50)51-25-9-10-27-55(51)63-58/h1-37H. The lowest BCUT2D eigenvalue weighted by Crippen LogP contribution is -1.96. The molecule has 3 heterocycles. The summed E-state index contributed by atoms with van der Waals surface area (Å²) >= 11 is 1.83. The van der Waals surface area contributed by atoms with E-state index in [4.69, 9.17) is 15.0 Å². The third-order valence-electron chi connectivity index (χ3n) is 12.1. The molecule has 0 aliphatic carbocycles. The Bertz CT molecular complexity index is 3660. The van der Waals surface area contributed by atoms with Crippen LogP contribution in [0.25, 0.3) is 120 Å². The van der Waals surface area contributed by atoms with Crippen molar-refractivity contribution in [2.45, 2.75) is 0 Å². The highest BCUT2D eigenvalue weighted by atomic mass is 32.1. The molecule has 0 spiro atoms. The summed E-state index contributed by atoms with van der Waals surface area (Å²) in [6, 6.07) is 79.7. The van der Waals surface area contributed by atoms with Gasteiger partial charge in [0.15, 0.2) is 5.82 Å². The molecule has 0 unspecified atom stereocenters. The Hall–Kier alpha value is -8.05. The maximum Gasteiger partial charge on any atom is 0.160 e. The van der Waals surface area contributed by atoms with E-state index in [1.807, 2.05) is 23.5 Å². The Morgan fingerprint density at radius 3 is 1.57 bits per heavy atom. The molecule has 0 N–H and O–H groups in total. The Morgan fingerprint density at radius 2 is 0.825 bits per heavy atom. The van der Waals surface area contributed by atoms with Crippen molar-refractivity contribution in [3.8, 4) is 78.5 Å². The molecular formula is C59H37N3S. The quantitative estimate of drug-likeness (QED) is 0.161. The normalized spacial score (nSPS) is 11.5. The van der Waals surface area contributed by atoms with E-state index in [0.717, 1.165) is 67.1 Å². The predicted molar refractivity (Wildman–Crippen MR) is 266 cm³/mol. The molecule has 0 saturated heterocycles. The first kappa shape index (κ1) is 36.8. The lowest BCUT2D eigenvalue weighted by molar-refractivity contribution is 1.18. The molecule has 9 aromatic carbocycles. The second kappa shape index (κ2) is 15.4. The third kappa shape index (κ3) is 6.74. The first-order valence-corrected chi connectivity index (χ1v) is 22.1. The van der Waals surface area contributed by atoms with Gasteiger partial charge in [-0.3, -0.25) is 0 Å². The minimum Gasteiger partial charge on any atom is -0.246 e. The Kier molecular flexibility index (Phi) is 9.02. The Labute approximate surface area is 369 Å². The van der Waals surface area contributed by atoms with E-state index in [9.17, 15) is 0 Å². The fraction of sp³-hybridized carbons (Fsp3) is 0. The summed E-state index contributed by atoms with van der Waals surface area (Å²) in [5.41, 5.74) is 14.8. The second-order valence-electron chi connectivity index (χ2n) is 16.0. The highest BCUT2D eigenvalue weighted by Gasteiger charge is 2.19. The van der Waals surface area contributed by atoms with Crippen molar-refractivity contribution in [3.63, 3.8) is 0 Å². The van der Waals surface area contributed by atoms with Crippen LogP contribution in [0.2, 0.25) is 0 Å². The molecular weight excluding hydrogens is 783 g/mol. The van der Waals surface area contributed by atoms with Crippen LogP contribution in [0.4, 0.5) is 0 Å². The van der Waals surface area contributed by atoms with Crippen molar-refractivity contribution in [2.75, 3.05) is 0 Å². The van der Waals surface area contributed by atoms with Gasteiger partial charge in [-0.25, -0.2) is 15.0 Å². The predicted octanol–water partition coefficient (Wildman–Crippen LogP) is 16.2. The van der Waals surface area contributed by atoms with Crippen LogP contribution in [0.1, 0.15) is 0 Å². The maximum atomic E-state index is 5.50. The Morgan fingerprint density at radius 1 is 0.317 bits per heavy atom. The molecule has 0 radical (unpaired) electrons. The van der Waals surface area contributed by atoms with Gasteiger partial charge in [0.25, 0.3) is 0 Å². The fourth-order valence-corrected chi connectivity index (χ4v) is 10.2. The van der Waals surface area contributed by atoms with Gasteiger partial charge in [-0.2, -0.15) is 0 Å². The largest absolute Gasteiger partial charge is 0.246 e. The molecule has 0 fully saturated rings. The first-order chi connectivity index (χ1) is 31.2. The molecule has 294 valence electrons. The van der Waals surface area contributed by atoms with E-state index < -0.39 is 0 Å². The molecule has 0 atom stereocenters. The van der Waals surface area contributed by atoms with Crippen molar-refractivity contribution in [3.05, 3.63) is 224 Å². The van der Waals surface area contributed by atoms with Gasteiger partial charge in [-0.05, 0) is 74.5 Å². The smallest absolute Gasteiger partial charge is 0.160 e. The molecule has 0 saturated carbocycles. The summed E-state index contributed by atoms with van der Waals surface area (Å²) in [7, 11) is 0. The average Bonchev–Trinajstić information content (AvgIpc) is 3.76. The van der Waals surface area contributed by atoms with Crippen LogP contribution < -0.4 is 0 Å². The van der Waals surface area contributed by atoms with Gasteiger partial charge in [0.1, 0.15) is 0 Å². The van der Waals surface area contributed by atoms with Crippen molar-refractivity contribution in [1.82, 2.24) is 15.0 Å². The van der Waals surface area contributed by atoms with E-state index in [1.54, 1.807) is 0 Å². The van der Waals surface area contributed by atoms with E-state index in [1.165, 1.54) is 47.5 Å². The number of hydrogen-bond acceptors (Lipinski definition) is 4. The SMILES string of the molecule is c1ccc(-c2ccc(-c3cc(-c4ccccc4)nc(-c4cccc(-c5cccc(-c6ccc7c(c6)nc(-c6cccc8ccccc68)c6sc8ccccc8c67)c5)c4)n3)cc2)cc1. The first-order valence-electron chi connectivity index (χ1n) is 21.2. The summed E-state index contributed by atoms with van der Waals surface area (Å²) in [4.78, 5) is 15.9. The van der Waals surface area contributed by atoms with Crippen LogP contribution in [0.15, 0.2) is 224 Å². The van der Waals surface area contributed by atoms with Crippen LogP contribution >= 0.6 is 11.3 Å². The number of pyridine rings is 1. The summed E-state index contributed by atoms with van der Waals surface area (Å²) in [5.74, 6) is 0.686. The minimum absolute atomic E-state index is 0.686. The number of rotatable bonds is 7. The zero-order valence-corrected chi connectivity index (χ0v) is 34.9. The summed E-state index contributed by atoms with van der Waals surface area (Å²) in [5, 5.41) is 6.13. The zero-order valence-electron chi connectivity index (χ0n) is 34.1. The number of aromatic nitrogens is 3. The summed E-state index contributed by atoms with van der Waals surface area (Å²) < 4.78 is 2.49. The van der Waals surface area contributed by atoms with E-state index in [-0.39, 0.29) is 0 Å². The molecule has 0 bridgehead atoms. The van der Waals surface area contributed by atoms with E-state index in [0.29, 0.717) is 5.82 Å². The number of nitrogens with zero attached hydrogens (tertiary/aromatic N) is 3. The molecule has 12 rings (SSSR count). The molecule has 63 heavy (non-hydrogen) atoms. The summed E-state index contributed by atoms with van der Waals surface area (Å²) in [6.07, 6.45) is 0. The summed E-state index contributed by atoms with van der Waals surface area (Å²) in [6.45, 7) is 0.